The summed E-state index contributed by atoms with van der Waals surface area (Å²) in [5.41, 5.74) is 1.06. The molecule has 0 amide bonds. The number of rotatable bonds is 5. The van der Waals surface area contributed by atoms with Gasteiger partial charge in [-0.25, -0.2) is 8.42 Å². The van der Waals surface area contributed by atoms with Crippen molar-refractivity contribution in [1.82, 2.24) is 4.98 Å². The minimum atomic E-state index is -3.96. The van der Waals surface area contributed by atoms with E-state index >= 15 is 0 Å². The molecule has 1 N–H and O–H groups in total. The third-order valence-corrected chi connectivity index (χ3v) is 7.02. The van der Waals surface area contributed by atoms with E-state index in [4.69, 9.17) is 39.5 Å². The maximum absolute atomic E-state index is 12.7. The zero-order chi connectivity index (χ0) is 22.2. The first-order valence-electron chi connectivity index (χ1n) is 8.78. The van der Waals surface area contributed by atoms with Gasteiger partial charge in [-0.1, -0.05) is 53.0 Å². The van der Waals surface area contributed by atoms with E-state index < -0.39 is 10.0 Å². The molecule has 0 saturated heterocycles. The van der Waals surface area contributed by atoms with Gasteiger partial charge in [-0.05, 0) is 47.7 Å². The molecule has 4 rings (SSSR count). The van der Waals surface area contributed by atoms with E-state index in [1.807, 2.05) is 30.3 Å². The van der Waals surface area contributed by atoms with Crippen molar-refractivity contribution in [1.29, 1.82) is 0 Å². The van der Waals surface area contributed by atoms with Crippen LogP contribution in [0, 0.1) is 0 Å². The molecular formula is C21H12Cl3N2O3SSi. The lowest BCUT2D eigenvalue weighted by Gasteiger charge is -2.15. The number of ether oxygens (including phenoxy) is 1. The predicted octanol–water partition coefficient (Wildman–Crippen LogP) is 5.58. The summed E-state index contributed by atoms with van der Waals surface area (Å²) in [6, 6.07) is 16.6. The first-order valence-corrected chi connectivity index (χ1v) is 11.9. The highest BCUT2D eigenvalue weighted by Gasteiger charge is 2.20. The Labute approximate surface area is 197 Å². The lowest BCUT2D eigenvalue weighted by Crippen LogP contribution is -2.16. The Hall–Kier alpha value is -2.29. The van der Waals surface area contributed by atoms with Crippen LogP contribution in [-0.4, -0.2) is 23.6 Å². The van der Waals surface area contributed by atoms with Crippen LogP contribution in [0.3, 0.4) is 0 Å². The van der Waals surface area contributed by atoms with Crippen LogP contribution in [-0.2, 0) is 10.0 Å². The molecule has 4 aromatic rings. The van der Waals surface area contributed by atoms with Gasteiger partial charge in [-0.2, -0.15) is 0 Å². The van der Waals surface area contributed by atoms with Gasteiger partial charge in [0.2, 0.25) is 0 Å². The zero-order valence-corrected chi connectivity index (χ0v) is 19.6. The number of nitrogens with one attached hydrogen (secondary N) is 1. The first-order chi connectivity index (χ1) is 14.7. The number of aromatic nitrogens is 1. The van der Waals surface area contributed by atoms with Crippen molar-refractivity contribution in [3.8, 4) is 11.5 Å². The van der Waals surface area contributed by atoms with Crippen molar-refractivity contribution in [3.05, 3.63) is 81.9 Å². The van der Waals surface area contributed by atoms with Crippen LogP contribution < -0.4 is 14.6 Å². The number of benzene rings is 3. The van der Waals surface area contributed by atoms with Gasteiger partial charge in [0.25, 0.3) is 10.0 Å². The SMILES string of the molecule is O=S(=O)(Nc1cc([Si])c(Oc2cnc3ccccc3c2)c(Cl)c1)c1ccc(Cl)cc1Cl. The van der Waals surface area contributed by atoms with Crippen molar-refractivity contribution >= 4 is 76.8 Å². The number of pyridine rings is 1. The zero-order valence-electron chi connectivity index (χ0n) is 15.6. The van der Waals surface area contributed by atoms with Crippen molar-refractivity contribution in [3.63, 3.8) is 0 Å². The molecular weight excluding hydrogens is 495 g/mol. The summed E-state index contributed by atoms with van der Waals surface area (Å²) in [5, 5.41) is 1.89. The summed E-state index contributed by atoms with van der Waals surface area (Å²) in [7, 11) is -0.517. The molecule has 1 aromatic heterocycles. The monoisotopic (exact) mass is 505 g/mol. The third-order valence-electron chi connectivity index (χ3n) is 4.26. The molecule has 0 unspecified atom stereocenters. The highest BCUT2D eigenvalue weighted by molar-refractivity contribution is 7.92. The van der Waals surface area contributed by atoms with Crippen molar-refractivity contribution < 1.29 is 13.2 Å². The minimum Gasteiger partial charge on any atom is -0.454 e. The average molecular weight is 507 g/mol. The van der Waals surface area contributed by atoms with Crippen molar-refractivity contribution in [2.75, 3.05) is 4.72 Å². The normalized spacial score (nSPS) is 11.5. The van der Waals surface area contributed by atoms with E-state index in [1.165, 1.54) is 30.3 Å². The minimum absolute atomic E-state index is 0.00783. The van der Waals surface area contributed by atoms with E-state index in [-0.39, 0.29) is 20.6 Å². The van der Waals surface area contributed by atoms with Crippen LogP contribution in [0.25, 0.3) is 10.9 Å². The Kier molecular flexibility index (Phi) is 6.14. The largest absolute Gasteiger partial charge is 0.454 e. The van der Waals surface area contributed by atoms with Gasteiger partial charge in [-0.3, -0.25) is 9.71 Å². The van der Waals surface area contributed by atoms with Crippen LogP contribution in [0.5, 0.6) is 11.5 Å². The molecule has 5 nitrogen and oxygen atoms in total. The average Bonchev–Trinajstić information content (AvgIpc) is 2.70. The van der Waals surface area contributed by atoms with Gasteiger partial charge < -0.3 is 4.74 Å². The third kappa shape index (κ3) is 4.81. The fourth-order valence-corrected chi connectivity index (χ4v) is 5.38. The van der Waals surface area contributed by atoms with Gasteiger partial charge in [-0.15, -0.1) is 0 Å². The summed E-state index contributed by atoms with van der Waals surface area (Å²) in [6.07, 6.45) is 1.59. The topological polar surface area (TPSA) is 68.3 Å². The lowest BCUT2D eigenvalue weighted by atomic mass is 10.2. The molecule has 0 saturated carbocycles. The highest BCUT2D eigenvalue weighted by atomic mass is 35.5. The van der Waals surface area contributed by atoms with E-state index in [0.717, 1.165) is 10.9 Å². The number of para-hydroxylation sites is 1. The molecule has 3 radical (unpaired) electrons. The highest BCUT2D eigenvalue weighted by Crippen LogP contribution is 2.32. The molecule has 0 aliphatic heterocycles. The maximum atomic E-state index is 12.7. The van der Waals surface area contributed by atoms with Crippen LogP contribution in [0.1, 0.15) is 0 Å². The van der Waals surface area contributed by atoms with E-state index in [1.54, 1.807) is 6.20 Å². The van der Waals surface area contributed by atoms with Crippen LogP contribution >= 0.6 is 34.8 Å². The fourth-order valence-electron chi connectivity index (χ4n) is 2.88. The summed E-state index contributed by atoms with van der Waals surface area (Å²) >= 11 is 18.3. The summed E-state index contributed by atoms with van der Waals surface area (Å²) in [4.78, 5) is 4.25. The second-order valence-electron chi connectivity index (χ2n) is 6.48. The number of halogens is 3. The number of anilines is 1. The Morgan fingerprint density at radius 3 is 2.45 bits per heavy atom. The molecule has 0 aliphatic carbocycles. The second-order valence-corrected chi connectivity index (χ2v) is 9.92. The molecule has 0 atom stereocenters. The van der Waals surface area contributed by atoms with E-state index in [2.05, 4.69) is 19.9 Å². The Morgan fingerprint density at radius 2 is 1.71 bits per heavy atom. The Balaban J connectivity index is 1.62. The maximum Gasteiger partial charge on any atom is 0.263 e. The van der Waals surface area contributed by atoms with Gasteiger partial charge in [0, 0.05) is 10.4 Å². The van der Waals surface area contributed by atoms with E-state index in [0.29, 0.717) is 21.7 Å². The number of hydrogen-bond acceptors (Lipinski definition) is 4. The summed E-state index contributed by atoms with van der Waals surface area (Å²) in [6.45, 7) is 0. The molecule has 3 aromatic carbocycles. The van der Waals surface area contributed by atoms with Crippen molar-refractivity contribution in [2.24, 2.45) is 0 Å². The summed E-state index contributed by atoms with van der Waals surface area (Å²) < 4.78 is 33.8. The molecule has 1 heterocycles. The van der Waals surface area contributed by atoms with Gasteiger partial charge in [0.15, 0.2) is 0 Å². The van der Waals surface area contributed by atoms with Crippen LogP contribution in [0.4, 0.5) is 5.69 Å². The van der Waals surface area contributed by atoms with Gasteiger partial charge in [0.1, 0.15) is 16.4 Å². The first kappa shape index (κ1) is 21.9. The fraction of sp³-hybridized carbons (Fsp3) is 0. The molecule has 0 bridgehead atoms. The van der Waals surface area contributed by atoms with Crippen molar-refractivity contribution in [2.45, 2.75) is 4.90 Å². The molecule has 0 fully saturated rings. The quantitative estimate of drug-likeness (QED) is 0.359. The number of fused-ring (bicyclic) bond motifs is 1. The predicted molar refractivity (Wildman–Crippen MR) is 126 cm³/mol. The Morgan fingerprint density at radius 1 is 0.935 bits per heavy atom. The van der Waals surface area contributed by atoms with E-state index in [9.17, 15) is 8.42 Å². The molecule has 10 heteroatoms. The Bertz CT molecular complexity index is 1390. The second kappa shape index (κ2) is 8.68. The lowest BCUT2D eigenvalue weighted by molar-refractivity contribution is 0.485. The molecule has 0 aliphatic rings. The van der Waals surface area contributed by atoms with Crippen LogP contribution in [0.15, 0.2) is 71.8 Å². The number of hydrogen-bond donors (Lipinski definition) is 1. The van der Waals surface area contributed by atoms with Gasteiger partial charge >= 0.3 is 0 Å². The van der Waals surface area contributed by atoms with Gasteiger partial charge in [0.05, 0.1) is 37.7 Å². The summed E-state index contributed by atoms with van der Waals surface area (Å²) in [5.74, 6) is 0.810. The number of nitrogens with zero attached hydrogens (tertiary/aromatic N) is 1. The van der Waals surface area contributed by atoms with Crippen LogP contribution in [0.2, 0.25) is 15.1 Å². The standard InChI is InChI=1S/C21H12Cl3N2O3SSi/c22-13-5-6-19(16(23)8-13)30(27,28)26-14-9-17(24)21(20(31)10-14)29-15-7-12-3-1-2-4-18(12)25-11-15/h1-11,26H. The smallest absolute Gasteiger partial charge is 0.263 e. The molecule has 31 heavy (non-hydrogen) atoms. The molecule has 155 valence electrons. The molecule has 0 spiro atoms. The number of sulfonamides is 1.